The second kappa shape index (κ2) is 4.61. The summed E-state index contributed by atoms with van der Waals surface area (Å²) in [6, 6.07) is 0.886. The van der Waals surface area contributed by atoms with Gasteiger partial charge in [0.1, 0.15) is 0 Å². The van der Waals surface area contributed by atoms with Crippen LogP contribution in [0, 0.1) is 0 Å². The van der Waals surface area contributed by atoms with E-state index in [0.29, 0.717) is 12.1 Å². The highest BCUT2D eigenvalue weighted by atomic mass is 15.0. The first-order valence-corrected chi connectivity index (χ1v) is 4.65. The van der Waals surface area contributed by atoms with Crippen molar-refractivity contribution in [2.45, 2.75) is 59.2 Å². The SMILES string of the molecule is CC(C)/N=C/C(C)(C)NC(C)C. The lowest BCUT2D eigenvalue weighted by atomic mass is 10.1. The molecule has 0 radical (unpaired) electrons. The van der Waals surface area contributed by atoms with E-state index in [9.17, 15) is 0 Å². The van der Waals surface area contributed by atoms with Crippen LogP contribution >= 0.6 is 0 Å². The maximum Gasteiger partial charge on any atom is 0.0478 e. The lowest BCUT2D eigenvalue weighted by Crippen LogP contribution is -2.45. The summed E-state index contributed by atoms with van der Waals surface area (Å²) in [6.07, 6.45) is 2.00. The molecule has 0 aliphatic carbocycles. The summed E-state index contributed by atoms with van der Waals surface area (Å²) in [4.78, 5) is 4.36. The second-order valence-electron chi connectivity index (χ2n) is 4.39. The van der Waals surface area contributed by atoms with E-state index in [-0.39, 0.29) is 5.54 Å². The molecule has 0 saturated carbocycles. The van der Waals surface area contributed by atoms with Crippen molar-refractivity contribution in [2.24, 2.45) is 4.99 Å². The molecule has 1 N–H and O–H groups in total. The Labute approximate surface area is 76.5 Å². The molecule has 0 aromatic heterocycles. The molecule has 0 bridgehead atoms. The highest BCUT2D eigenvalue weighted by Crippen LogP contribution is 2.01. The van der Waals surface area contributed by atoms with Crippen LogP contribution in [-0.2, 0) is 0 Å². The molecule has 72 valence electrons. The number of rotatable bonds is 4. The fraction of sp³-hybridized carbons (Fsp3) is 0.900. The summed E-state index contributed by atoms with van der Waals surface area (Å²) >= 11 is 0. The Morgan fingerprint density at radius 3 is 2.00 bits per heavy atom. The molecular formula is C10H22N2. The standard InChI is InChI=1S/C10H22N2/c1-8(2)11-7-10(5,6)12-9(3)4/h7-9,12H,1-6H3/b11-7+. The van der Waals surface area contributed by atoms with Crippen LogP contribution in [0.5, 0.6) is 0 Å². The number of hydrogen-bond acceptors (Lipinski definition) is 2. The lowest BCUT2D eigenvalue weighted by molar-refractivity contribution is 0.457. The molecular weight excluding hydrogens is 148 g/mol. The van der Waals surface area contributed by atoms with Crippen LogP contribution in [0.3, 0.4) is 0 Å². The van der Waals surface area contributed by atoms with E-state index in [1.807, 2.05) is 6.21 Å². The molecule has 0 heterocycles. The zero-order chi connectivity index (χ0) is 9.78. The van der Waals surface area contributed by atoms with Gasteiger partial charge in [-0.25, -0.2) is 0 Å². The van der Waals surface area contributed by atoms with Gasteiger partial charge in [0.15, 0.2) is 0 Å². The highest BCUT2D eigenvalue weighted by Gasteiger charge is 2.14. The van der Waals surface area contributed by atoms with Crippen LogP contribution in [0.25, 0.3) is 0 Å². The van der Waals surface area contributed by atoms with E-state index in [1.54, 1.807) is 0 Å². The Kier molecular flexibility index (Phi) is 4.46. The van der Waals surface area contributed by atoms with Crippen LogP contribution < -0.4 is 5.32 Å². The number of nitrogens with one attached hydrogen (secondary N) is 1. The van der Waals surface area contributed by atoms with E-state index in [0.717, 1.165) is 0 Å². The Morgan fingerprint density at radius 1 is 1.17 bits per heavy atom. The third kappa shape index (κ3) is 6.35. The summed E-state index contributed by atoms with van der Waals surface area (Å²) in [6.45, 7) is 12.7. The number of hydrogen-bond donors (Lipinski definition) is 1. The maximum absolute atomic E-state index is 4.36. The van der Waals surface area contributed by atoms with E-state index in [2.05, 4.69) is 51.9 Å². The first-order valence-electron chi connectivity index (χ1n) is 4.65. The first kappa shape index (κ1) is 11.6. The molecule has 0 aliphatic rings. The van der Waals surface area contributed by atoms with Gasteiger partial charge in [-0.2, -0.15) is 0 Å². The van der Waals surface area contributed by atoms with Crippen molar-refractivity contribution < 1.29 is 0 Å². The smallest absolute Gasteiger partial charge is 0.0478 e. The largest absolute Gasteiger partial charge is 0.305 e. The average molecular weight is 170 g/mol. The van der Waals surface area contributed by atoms with Crippen LogP contribution in [0.4, 0.5) is 0 Å². The molecule has 0 unspecified atom stereocenters. The van der Waals surface area contributed by atoms with E-state index >= 15 is 0 Å². The minimum atomic E-state index is 0.0123. The summed E-state index contributed by atoms with van der Waals surface area (Å²) in [5.74, 6) is 0. The Hall–Kier alpha value is -0.370. The van der Waals surface area contributed by atoms with Gasteiger partial charge in [-0.3, -0.25) is 4.99 Å². The summed E-state index contributed by atoms with van der Waals surface area (Å²) < 4.78 is 0. The number of aliphatic imine (C=N–C) groups is 1. The normalized spacial score (nSPS) is 13.7. The topological polar surface area (TPSA) is 24.4 Å². The predicted molar refractivity (Wildman–Crippen MR) is 56.0 cm³/mol. The molecule has 0 saturated heterocycles. The van der Waals surface area contributed by atoms with E-state index in [4.69, 9.17) is 0 Å². The van der Waals surface area contributed by atoms with E-state index in [1.165, 1.54) is 0 Å². The van der Waals surface area contributed by atoms with Gasteiger partial charge in [0.25, 0.3) is 0 Å². The van der Waals surface area contributed by atoms with Gasteiger partial charge in [-0.1, -0.05) is 13.8 Å². The Bertz CT molecular complexity index is 146. The third-order valence-corrected chi connectivity index (χ3v) is 1.36. The fourth-order valence-corrected chi connectivity index (χ4v) is 1.12. The van der Waals surface area contributed by atoms with Gasteiger partial charge >= 0.3 is 0 Å². The Morgan fingerprint density at radius 2 is 1.67 bits per heavy atom. The minimum Gasteiger partial charge on any atom is -0.305 e. The molecule has 0 fully saturated rings. The summed E-state index contributed by atoms with van der Waals surface area (Å²) in [7, 11) is 0. The molecule has 0 rings (SSSR count). The van der Waals surface area contributed by atoms with Crippen LogP contribution in [0.1, 0.15) is 41.5 Å². The van der Waals surface area contributed by atoms with Crippen molar-refractivity contribution in [2.75, 3.05) is 0 Å². The average Bonchev–Trinajstić information content (AvgIpc) is 1.81. The molecule has 12 heavy (non-hydrogen) atoms. The fourth-order valence-electron chi connectivity index (χ4n) is 1.12. The molecule has 0 atom stereocenters. The molecule has 2 heteroatoms. The van der Waals surface area contributed by atoms with Crippen LogP contribution in [-0.4, -0.2) is 23.8 Å². The summed E-state index contributed by atoms with van der Waals surface area (Å²) in [5, 5.41) is 3.43. The monoisotopic (exact) mass is 170 g/mol. The minimum absolute atomic E-state index is 0.0123. The highest BCUT2D eigenvalue weighted by molar-refractivity contribution is 5.69. The predicted octanol–water partition coefficient (Wildman–Crippen LogP) is 2.24. The lowest BCUT2D eigenvalue weighted by Gasteiger charge is -2.24. The summed E-state index contributed by atoms with van der Waals surface area (Å²) in [5.41, 5.74) is 0.0123. The third-order valence-electron chi connectivity index (χ3n) is 1.36. The van der Waals surface area contributed by atoms with Gasteiger partial charge in [-0.05, 0) is 27.7 Å². The van der Waals surface area contributed by atoms with Gasteiger partial charge in [-0.15, -0.1) is 0 Å². The molecule has 0 amide bonds. The van der Waals surface area contributed by atoms with Crippen molar-refractivity contribution in [3.05, 3.63) is 0 Å². The zero-order valence-corrected chi connectivity index (χ0v) is 9.18. The quantitative estimate of drug-likeness (QED) is 0.643. The van der Waals surface area contributed by atoms with Crippen molar-refractivity contribution in [3.63, 3.8) is 0 Å². The molecule has 0 aromatic rings. The van der Waals surface area contributed by atoms with Crippen molar-refractivity contribution in [1.29, 1.82) is 0 Å². The second-order valence-corrected chi connectivity index (χ2v) is 4.39. The van der Waals surface area contributed by atoms with E-state index < -0.39 is 0 Å². The van der Waals surface area contributed by atoms with Gasteiger partial charge in [0.05, 0.1) is 0 Å². The molecule has 0 aliphatic heterocycles. The van der Waals surface area contributed by atoms with Crippen LogP contribution in [0.15, 0.2) is 4.99 Å². The first-order chi connectivity index (χ1) is 5.33. The zero-order valence-electron chi connectivity index (χ0n) is 9.18. The van der Waals surface area contributed by atoms with Gasteiger partial charge in [0.2, 0.25) is 0 Å². The van der Waals surface area contributed by atoms with Gasteiger partial charge in [0, 0.05) is 23.8 Å². The molecule has 0 aromatic carbocycles. The van der Waals surface area contributed by atoms with Crippen molar-refractivity contribution in [3.8, 4) is 0 Å². The maximum atomic E-state index is 4.36. The van der Waals surface area contributed by atoms with Crippen molar-refractivity contribution >= 4 is 6.21 Å². The Balaban J connectivity index is 4.03. The van der Waals surface area contributed by atoms with Gasteiger partial charge < -0.3 is 5.32 Å². The number of nitrogens with zero attached hydrogens (tertiary/aromatic N) is 1. The van der Waals surface area contributed by atoms with Crippen molar-refractivity contribution in [1.82, 2.24) is 5.32 Å². The molecule has 0 spiro atoms. The van der Waals surface area contributed by atoms with Crippen LogP contribution in [0.2, 0.25) is 0 Å². The molecule has 2 nitrogen and oxygen atoms in total.